The van der Waals surface area contributed by atoms with Gasteiger partial charge in [0.25, 0.3) is 0 Å². The first-order valence-corrected chi connectivity index (χ1v) is 7.79. The van der Waals surface area contributed by atoms with Crippen molar-refractivity contribution in [3.8, 4) is 0 Å². The van der Waals surface area contributed by atoms with Gasteiger partial charge in [-0.25, -0.2) is 9.48 Å². The molecule has 1 atom stereocenters. The van der Waals surface area contributed by atoms with Gasteiger partial charge in [0.05, 0.1) is 12.6 Å². The molecular weight excluding hydrogens is 327 g/mol. The highest BCUT2D eigenvalue weighted by atomic mass is 35.5. The van der Waals surface area contributed by atoms with Gasteiger partial charge in [-0.05, 0) is 45.7 Å². The highest BCUT2D eigenvalue weighted by molar-refractivity contribution is 5.85. The van der Waals surface area contributed by atoms with Crippen molar-refractivity contribution >= 4 is 24.8 Å². The van der Waals surface area contributed by atoms with Crippen LogP contribution in [-0.2, 0) is 17.8 Å². The van der Waals surface area contributed by atoms with E-state index >= 15 is 0 Å². The van der Waals surface area contributed by atoms with E-state index in [0.717, 1.165) is 51.2 Å². The number of hydrogen-bond donors (Lipinski definition) is 1. The SMILES string of the molecule is CCn1c(C2CCNCC2)nn(CC2CCCO2)c1=O.Cl.Cl. The molecule has 22 heavy (non-hydrogen) atoms. The van der Waals surface area contributed by atoms with Crippen molar-refractivity contribution < 1.29 is 4.74 Å². The third-order valence-corrected chi connectivity index (χ3v) is 4.37. The average molecular weight is 353 g/mol. The molecule has 2 aliphatic heterocycles. The van der Waals surface area contributed by atoms with E-state index in [4.69, 9.17) is 4.74 Å². The van der Waals surface area contributed by atoms with E-state index in [9.17, 15) is 4.79 Å². The van der Waals surface area contributed by atoms with E-state index in [1.54, 1.807) is 4.68 Å². The number of ether oxygens (including phenoxy) is 1. The first-order valence-electron chi connectivity index (χ1n) is 7.79. The quantitative estimate of drug-likeness (QED) is 0.892. The molecule has 128 valence electrons. The van der Waals surface area contributed by atoms with Crippen LogP contribution in [0.4, 0.5) is 0 Å². The second-order valence-electron chi connectivity index (χ2n) is 5.73. The molecule has 2 saturated heterocycles. The zero-order valence-corrected chi connectivity index (χ0v) is 14.6. The van der Waals surface area contributed by atoms with Gasteiger partial charge in [-0.1, -0.05) is 0 Å². The lowest BCUT2D eigenvalue weighted by atomic mass is 9.97. The molecular formula is C14H26Cl2N4O2. The monoisotopic (exact) mass is 352 g/mol. The fraction of sp³-hybridized carbons (Fsp3) is 0.857. The van der Waals surface area contributed by atoms with Crippen molar-refractivity contribution in [1.82, 2.24) is 19.7 Å². The number of nitrogens with one attached hydrogen (secondary N) is 1. The van der Waals surface area contributed by atoms with Crippen LogP contribution in [-0.4, -0.2) is 40.1 Å². The Balaban J connectivity index is 0.00000121. The number of halogens is 2. The van der Waals surface area contributed by atoms with Crippen LogP contribution in [0.5, 0.6) is 0 Å². The van der Waals surface area contributed by atoms with Crippen LogP contribution in [0.3, 0.4) is 0 Å². The molecule has 0 bridgehead atoms. The minimum Gasteiger partial charge on any atom is -0.376 e. The summed E-state index contributed by atoms with van der Waals surface area (Å²) in [5.41, 5.74) is 0.0246. The van der Waals surface area contributed by atoms with Crippen molar-refractivity contribution in [3.05, 3.63) is 16.3 Å². The second kappa shape index (κ2) is 8.91. The summed E-state index contributed by atoms with van der Waals surface area (Å²) in [5, 5.41) is 7.99. The van der Waals surface area contributed by atoms with E-state index in [1.165, 1.54) is 0 Å². The molecule has 1 aromatic rings. The van der Waals surface area contributed by atoms with Crippen LogP contribution in [0.15, 0.2) is 4.79 Å². The number of rotatable bonds is 4. The summed E-state index contributed by atoms with van der Waals surface area (Å²) in [4.78, 5) is 12.4. The zero-order valence-electron chi connectivity index (χ0n) is 13.0. The minimum absolute atomic E-state index is 0. The molecule has 0 amide bonds. The van der Waals surface area contributed by atoms with Crippen molar-refractivity contribution in [2.45, 2.75) is 57.7 Å². The molecule has 0 aromatic carbocycles. The molecule has 1 unspecified atom stereocenters. The largest absolute Gasteiger partial charge is 0.376 e. The summed E-state index contributed by atoms with van der Waals surface area (Å²) in [5.74, 6) is 1.38. The van der Waals surface area contributed by atoms with E-state index in [0.29, 0.717) is 19.0 Å². The first-order chi connectivity index (χ1) is 9.79. The van der Waals surface area contributed by atoms with Crippen LogP contribution in [0.25, 0.3) is 0 Å². The minimum atomic E-state index is 0. The molecule has 8 heteroatoms. The maximum absolute atomic E-state index is 12.4. The van der Waals surface area contributed by atoms with Gasteiger partial charge >= 0.3 is 5.69 Å². The molecule has 0 radical (unpaired) electrons. The van der Waals surface area contributed by atoms with Gasteiger partial charge in [-0.15, -0.1) is 24.8 Å². The number of nitrogens with zero attached hydrogens (tertiary/aromatic N) is 3. The van der Waals surface area contributed by atoms with Gasteiger partial charge < -0.3 is 10.1 Å². The van der Waals surface area contributed by atoms with Crippen LogP contribution in [0.2, 0.25) is 0 Å². The average Bonchev–Trinajstić information content (AvgIpc) is 3.09. The highest BCUT2D eigenvalue weighted by Crippen LogP contribution is 2.23. The third kappa shape index (κ3) is 4.04. The first kappa shape index (κ1) is 19.5. The maximum Gasteiger partial charge on any atom is 0.346 e. The van der Waals surface area contributed by atoms with Crippen LogP contribution in [0.1, 0.15) is 44.3 Å². The lowest BCUT2D eigenvalue weighted by molar-refractivity contribution is 0.0928. The Morgan fingerprint density at radius 3 is 2.59 bits per heavy atom. The van der Waals surface area contributed by atoms with Gasteiger partial charge in [0.15, 0.2) is 0 Å². The van der Waals surface area contributed by atoms with Crippen LogP contribution >= 0.6 is 24.8 Å². The van der Waals surface area contributed by atoms with Gasteiger partial charge in [0, 0.05) is 19.1 Å². The molecule has 3 rings (SSSR count). The summed E-state index contributed by atoms with van der Waals surface area (Å²) >= 11 is 0. The Hall–Kier alpha value is -0.560. The number of hydrogen-bond acceptors (Lipinski definition) is 4. The number of piperidine rings is 1. The molecule has 3 heterocycles. The Kier molecular flexibility index (Phi) is 7.89. The second-order valence-corrected chi connectivity index (χ2v) is 5.73. The van der Waals surface area contributed by atoms with Crippen molar-refractivity contribution in [2.24, 2.45) is 0 Å². The fourth-order valence-electron chi connectivity index (χ4n) is 3.24. The van der Waals surface area contributed by atoms with Crippen molar-refractivity contribution in [1.29, 1.82) is 0 Å². The predicted molar refractivity (Wildman–Crippen MR) is 90.5 cm³/mol. The topological polar surface area (TPSA) is 61.1 Å². The molecule has 2 aliphatic rings. The van der Waals surface area contributed by atoms with Crippen LogP contribution < -0.4 is 11.0 Å². The van der Waals surface area contributed by atoms with E-state index < -0.39 is 0 Å². The summed E-state index contributed by atoms with van der Waals surface area (Å²) in [6.45, 7) is 6.16. The zero-order chi connectivity index (χ0) is 13.9. The Morgan fingerprint density at radius 2 is 2.00 bits per heavy atom. The molecule has 0 saturated carbocycles. The summed E-state index contributed by atoms with van der Waals surface area (Å²) in [6.07, 6.45) is 4.42. The van der Waals surface area contributed by atoms with Gasteiger partial charge in [0.2, 0.25) is 0 Å². The predicted octanol–water partition coefficient (Wildman–Crippen LogP) is 1.55. The lowest BCUT2D eigenvalue weighted by Gasteiger charge is -2.21. The Bertz CT molecular complexity index is 505. The molecule has 0 spiro atoms. The third-order valence-electron chi connectivity index (χ3n) is 4.37. The smallest absolute Gasteiger partial charge is 0.346 e. The molecule has 0 aliphatic carbocycles. The Labute approximate surface area is 143 Å². The van der Waals surface area contributed by atoms with Crippen molar-refractivity contribution in [3.63, 3.8) is 0 Å². The van der Waals surface area contributed by atoms with Gasteiger partial charge in [-0.3, -0.25) is 4.57 Å². The van der Waals surface area contributed by atoms with Gasteiger partial charge in [0.1, 0.15) is 5.82 Å². The molecule has 1 aromatic heterocycles. The van der Waals surface area contributed by atoms with E-state index in [-0.39, 0.29) is 36.6 Å². The summed E-state index contributed by atoms with van der Waals surface area (Å²) in [7, 11) is 0. The summed E-state index contributed by atoms with van der Waals surface area (Å²) in [6, 6.07) is 0. The maximum atomic E-state index is 12.4. The lowest BCUT2D eigenvalue weighted by Crippen LogP contribution is -2.30. The van der Waals surface area contributed by atoms with Crippen LogP contribution in [0, 0.1) is 0 Å². The molecule has 2 fully saturated rings. The Morgan fingerprint density at radius 1 is 1.27 bits per heavy atom. The number of aromatic nitrogens is 3. The van der Waals surface area contributed by atoms with E-state index in [2.05, 4.69) is 10.4 Å². The standard InChI is InChI=1S/C14H24N4O2.2ClH/c1-2-17-13(11-5-7-15-8-6-11)16-18(14(17)19)10-12-4-3-9-20-12;;/h11-12,15H,2-10H2,1H3;2*1H. The highest BCUT2D eigenvalue weighted by Gasteiger charge is 2.25. The fourth-order valence-corrected chi connectivity index (χ4v) is 3.24. The van der Waals surface area contributed by atoms with E-state index in [1.807, 2.05) is 11.5 Å². The van der Waals surface area contributed by atoms with Gasteiger partial charge in [-0.2, -0.15) is 5.10 Å². The van der Waals surface area contributed by atoms with Crippen molar-refractivity contribution in [2.75, 3.05) is 19.7 Å². The molecule has 6 nitrogen and oxygen atoms in total. The normalized spacial score (nSPS) is 22.1. The molecule has 1 N–H and O–H groups in total. The summed E-state index contributed by atoms with van der Waals surface area (Å²) < 4.78 is 9.08.